The molecule has 5 rings (SSSR count). The number of fused-ring (bicyclic) bond motifs is 1. The highest BCUT2D eigenvalue weighted by molar-refractivity contribution is 5.94. The first-order valence-electron chi connectivity index (χ1n) is 10.8. The molecule has 4 heterocycles. The molecule has 1 amide bonds. The highest BCUT2D eigenvalue weighted by atomic mass is 16.2. The van der Waals surface area contributed by atoms with E-state index in [-0.39, 0.29) is 5.91 Å². The maximum atomic E-state index is 12.3. The van der Waals surface area contributed by atoms with Gasteiger partial charge >= 0.3 is 0 Å². The molecule has 31 heavy (non-hydrogen) atoms. The summed E-state index contributed by atoms with van der Waals surface area (Å²) >= 11 is 0. The largest absolute Gasteiger partial charge is 0.339 e. The van der Waals surface area contributed by atoms with E-state index in [4.69, 9.17) is 4.98 Å². The van der Waals surface area contributed by atoms with Gasteiger partial charge in [0.15, 0.2) is 0 Å². The van der Waals surface area contributed by atoms with Crippen LogP contribution in [-0.2, 0) is 6.42 Å². The Balaban J connectivity index is 1.37. The number of rotatable bonds is 5. The van der Waals surface area contributed by atoms with Crippen LogP contribution in [0.25, 0.3) is 16.8 Å². The van der Waals surface area contributed by atoms with Gasteiger partial charge in [0.1, 0.15) is 5.82 Å². The zero-order valence-corrected chi connectivity index (χ0v) is 17.8. The topological polar surface area (TPSA) is 63.4 Å². The Labute approximate surface area is 181 Å². The molecule has 0 N–H and O–H groups in total. The summed E-state index contributed by atoms with van der Waals surface area (Å²) in [6.07, 6.45) is 7.45. The molecule has 0 unspecified atom stereocenters. The Kier molecular flexibility index (Phi) is 4.98. The molecular formula is C25H25N5O. The van der Waals surface area contributed by atoms with E-state index in [1.54, 1.807) is 0 Å². The second-order valence-corrected chi connectivity index (χ2v) is 8.38. The number of nitrogens with zero attached hydrogens (tertiary/aromatic N) is 5. The van der Waals surface area contributed by atoms with Gasteiger partial charge in [-0.3, -0.25) is 4.79 Å². The van der Waals surface area contributed by atoms with Crippen molar-refractivity contribution in [2.24, 2.45) is 0 Å². The minimum Gasteiger partial charge on any atom is -0.339 e. The van der Waals surface area contributed by atoms with Gasteiger partial charge in [-0.1, -0.05) is 26.0 Å². The van der Waals surface area contributed by atoms with Gasteiger partial charge in [0.05, 0.1) is 17.4 Å². The highest BCUT2D eigenvalue weighted by Gasteiger charge is 2.21. The molecule has 1 saturated heterocycles. The first-order valence-corrected chi connectivity index (χ1v) is 10.8. The van der Waals surface area contributed by atoms with Crippen molar-refractivity contribution in [2.75, 3.05) is 13.1 Å². The SMILES string of the molecule is CC(C)c1cnn2ccc(-c3ccnc(Cc4ccc(C(=O)N5CCC5)cc4)n3)cc12. The molecule has 1 aliphatic heterocycles. The van der Waals surface area contributed by atoms with E-state index < -0.39 is 0 Å². The molecule has 6 nitrogen and oxygen atoms in total. The van der Waals surface area contributed by atoms with Crippen LogP contribution in [0.4, 0.5) is 0 Å². The number of pyridine rings is 1. The van der Waals surface area contributed by atoms with Crippen molar-refractivity contribution >= 4 is 11.4 Å². The third kappa shape index (κ3) is 3.81. The zero-order valence-electron chi connectivity index (χ0n) is 17.8. The number of carbonyl (C=O) groups is 1. The van der Waals surface area contributed by atoms with Crippen molar-refractivity contribution in [1.29, 1.82) is 0 Å². The Bertz CT molecular complexity index is 1240. The van der Waals surface area contributed by atoms with Gasteiger partial charge in [-0.2, -0.15) is 5.10 Å². The second kappa shape index (κ2) is 7.95. The number of likely N-dealkylation sites (tertiary alicyclic amines) is 1. The summed E-state index contributed by atoms with van der Waals surface area (Å²) < 4.78 is 1.91. The summed E-state index contributed by atoms with van der Waals surface area (Å²) in [5.41, 5.74) is 6.11. The molecule has 156 valence electrons. The van der Waals surface area contributed by atoms with Gasteiger partial charge in [0.25, 0.3) is 5.91 Å². The summed E-state index contributed by atoms with van der Waals surface area (Å²) in [6, 6.07) is 13.9. The second-order valence-electron chi connectivity index (χ2n) is 8.38. The molecular weight excluding hydrogens is 386 g/mol. The van der Waals surface area contributed by atoms with E-state index >= 15 is 0 Å². The van der Waals surface area contributed by atoms with Gasteiger partial charge in [-0.15, -0.1) is 0 Å². The molecule has 0 atom stereocenters. The lowest BCUT2D eigenvalue weighted by Crippen LogP contribution is -2.41. The predicted octanol–water partition coefficient (Wildman–Crippen LogP) is 4.35. The summed E-state index contributed by atoms with van der Waals surface area (Å²) in [4.78, 5) is 23.5. The van der Waals surface area contributed by atoms with Gasteiger partial charge in [-0.05, 0) is 48.2 Å². The number of benzene rings is 1. The zero-order chi connectivity index (χ0) is 21.4. The number of hydrogen-bond donors (Lipinski definition) is 0. The van der Waals surface area contributed by atoms with E-state index in [0.717, 1.165) is 53.2 Å². The first kappa shape index (κ1) is 19.4. The average molecular weight is 412 g/mol. The van der Waals surface area contributed by atoms with Crippen LogP contribution in [0, 0.1) is 0 Å². The lowest BCUT2D eigenvalue weighted by molar-refractivity contribution is 0.0652. The van der Waals surface area contributed by atoms with Crippen LogP contribution >= 0.6 is 0 Å². The van der Waals surface area contributed by atoms with Crippen molar-refractivity contribution in [3.05, 3.63) is 83.6 Å². The third-order valence-corrected chi connectivity index (χ3v) is 5.88. The lowest BCUT2D eigenvalue weighted by Gasteiger charge is -2.30. The molecule has 4 aromatic rings. The van der Waals surface area contributed by atoms with Crippen LogP contribution < -0.4 is 0 Å². The van der Waals surface area contributed by atoms with Crippen LogP contribution in [0.5, 0.6) is 0 Å². The number of hydrogen-bond acceptors (Lipinski definition) is 4. The van der Waals surface area contributed by atoms with Crippen molar-refractivity contribution in [2.45, 2.75) is 32.6 Å². The Morgan fingerprint density at radius 1 is 1.10 bits per heavy atom. The van der Waals surface area contributed by atoms with Crippen molar-refractivity contribution < 1.29 is 4.79 Å². The molecule has 6 heteroatoms. The maximum absolute atomic E-state index is 12.3. The smallest absolute Gasteiger partial charge is 0.253 e. The summed E-state index contributed by atoms with van der Waals surface area (Å²) in [6.45, 7) is 6.08. The third-order valence-electron chi connectivity index (χ3n) is 5.88. The fourth-order valence-electron chi connectivity index (χ4n) is 3.90. The minimum absolute atomic E-state index is 0.118. The van der Waals surface area contributed by atoms with E-state index in [1.165, 1.54) is 5.56 Å². The molecule has 0 saturated carbocycles. The van der Waals surface area contributed by atoms with E-state index in [0.29, 0.717) is 12.3 Å². The molecule has 0 bridgehead atoms. The van der Waals surface area contributed by atoms with Gasteiger partial charge < -0.3 is 4.90 Å². The number of carbonyl (C=O) groups excluding carboxylic acids is 1. The van der Waals surface area contributed by atoms with Gasteiger partial charge in [-0.25, -0.2) is 14.5 Å². The summed E-state index contributed by atoms with van der Waals surface area (Å²) in [5.74, 6) is 1.29. The van der Waals surface area contributed by atoms with Crippen LogP contribution in [0.1, 0.15) is 53.5 Å². The van der Waals surface area contributed by atoms with Gasteiger partial charge in [0.2, 0.25) is 0 Å². The molecule has 1 fully saturated rings. The standard InChI is InChI=1S/C25H25N5O/c1-17(2)21-16-27-30-13-9-20(15-23(21)30)22-8-10-26-24(28-22)14-18-4-6-19(7-5-18)25(31)29-11-3-12-29/h4-10,13,15-17H,3,11-12,14H2,1-2H3. The van der Waals surface area contributed by atoms with Crippen molar-refractivity contribution in [1.82, 2.24) is 24.5 Å². The monoisotopic (exact) mass is 411 g/mol. The molecule has 1 aliphatic rings. The Morgan fingerprint density at radius 2 is 1.90 bits per heavy atom. The fourth-order valence-corrected chi connectivity index (χ4v) is 3.90. The van der Waals surface area contributed by atoms with Crippen molar-refractivity contribution in [3.63, 3.8) is 0 Å². The van der Waals surface area contributed by atoms with Crippen LogP contribution in [0.15, 0.2) is 61.1 Å². The van der Waals surface area contributed by atoms with Crippen LogP contribution in [-0.4, -0.2) is 43.5 Å². The number of amides is 1. The van der Waals surface area contributed by atoms with E-state index in [2.05, 4.69) is 30.0 Å². The quantitative estimate of drug-likeness (QED) is 0.490. The summed E-state index contributed by atoms with van der Waals surface area (Å²) in [7, 11) is 0. The summed E-state index contributed by atoms with van der Waals surface area (Å²) in [5, 5.41) is 4.44. The molecule has 0 radical (unpaired) electrons. The van der Waals surface area contributed by atoms with Gasteiger partial charge in [0, 0.05) is 48.6 Å². The van der Waals surface area contributed by atoms with Crippen molar-refractivity contribution in [3.8, 4) is 11.3 Å². The van der Waals surface area contributed by atoms with Crippen LogP contribution in [0.2, 0.25) is 0 Å². The normalized spacial score (nSPS) is 13.6. The molecule has 0 spiro atoms. The minimum atomic E-state index is 0.118. The molecule has 0 aliphatic carbocycles. The van der Waals surface area contributed by atoms with E-state index in [9.17, 15) is 4.79 Å². The van der Waals surface area contributed by atoms with Crippen LogP contribution in [0.3, 0.4) is 0 Å². The Hall–Kier alpha value is -3.54. The first-order chi connectivity index (χ1) is 15.1. The average Bonchev–Trinajstić information content (AvgIpc) is 3.17. The van der Waals surface area contributed by atoms with E-state index in [1.807, 2.05) is 64.4 Å². The molecule has 1 aromatic carbocycles. The lowest BCUT2D eigenvalue weighted by atomic mass is 10.0. The maximum Gasteiger partial charge on any atom is 0.253 e. The molecule has 3 aromatic heterocycles. The fraction of sp³-hybridized carbons (Fsp3) is 0.280. The predicted molar refractivity (Wildman–Crippen MR) is 120 cm³/mol. The Morgan fingerprint density at radius 3 is 2.61 bits per heavy atom. The number of aromatic nitrogens is 4. The highest BCUT2D eigenvalue weighted by Crippen LogP contribution is 2.25.